The van der Waals surface area contributed by atoms with Gasteiger partial charge in [0.2, 0.25) is 0 Å². The highest BCUT2D eigenvalue weighted by molar-refractivity contribution is 5.35. The SMILES string of the molecule is c1ccc(C(c2ccccc2)C2NNC3CCN(Cc4cnc[nH]4)CC32)cc1. The number of nitrogens with zero attached hydrogens (tertiary/aromatic N) is 2. The first-order valence-corrected chi connectivity index (χ1v) is 10.2. The lowest BCUT2D eigenvalue weighted by atomic mass is 9.76. The van der Waals surface area contributed by atoms with Crippen molar-refractivity contribution in [3.8, 4) is 0 Å². The highest BCUT2D eigenvalue weighted by atomic mass is 15.4. The third-order valence-corrected chi connectivity index (χ3v) is 6.26. The van der Waals surface area contributed by atoms with Gasteiger partial charge in [-0.3, -0.25) is 15.8 Å². The van der Waals surface area contributed by atoms with E-state index in [9.17, 15) is 0 Å². The Morgan fingerprint density at radius 1 is 0.964 bits per heavy atom. The number of aromatic amines is 1. The van der Waals surface area contributed by atoms with Crippen molar-refractivity contribution in [3.05, 3.63) is 90.0 Å². The fourth-order valence-corrected chi connectivity index (χ4v) is 4.92. The van der Waals surface area contributed by atoms with Gasteiger partial charge in [-0.05, 0) is 17.5 Å². The molecule has 0 bridgehead atoms. The van der Waals surface area contributed by atoms with Gasteiger partial charge in [0.05, 0.1) is 6.33 Å². The van der Waals surface area contributed by atoms with Crippen LogP contribution in [0.1, 0.15) is 29.2 Å². The first kappa shape index (κ1) is 17.6. The standard InChI is InChI=1S/C23H27N5/c1-3-7-17(8-4-1)22(18-9-5-2-6-10-18)23-20-15-28(12-11-21(20)26-27-23)14-19-13-24-16-25-19/h1-10,13,16,20-23,26-27H,11-12,14-15H2,(H,24,25). The van der Waals surface area contributed by atoms with Crippen molar-refractivity contribution in [1.29, 1.82) is 0 Å². The molecule has 5 heteroatoms. The van der Waals surface area contributed by atoms with Gasteiger partial charge in [-0.2, -0.15) is 0 Å². The third-order valence-electron chi connectivity index (χ3n) is 6.26. The van der Waals surface area contributed by atoms with Crippen LogP contribution in [-0.4, -0.2) is 40.0 Å². The van der Waals surface area contributed by atoms with E-state index in [1.165, 1.54) is 23.2 Å². The summed E-state index contributed by atoms with van der Waals surface area (Å²) in [6, 6.07) is 22.7. The minimum absolute atomic E-state index is 0.331. The number of likely N-dealkylation sites (tertiary alicyclic amines) is 1. The van der Waals surface area contributed by atoms with Crippen LogP contribution in [-0.2, 0) is 6.54 Å². The van der Waals surface area contributed by atoms with E-state index in [-0.39, 0.29) is 0 Å². The fourth-order valence-electron chi connectivity index (χ4n) is 4.92. The molecule has 3 atom stereocenters. The predicted octanol–water partition coefficient (Wildman–Crippen LogP) is 2.91. The number of piperidine rings is 1. The number of hydrogen-bond acceptors (Lipinski definition) is 4. The molecular weight excluding hydrogens is 346 g/mol. The number of aromatic nitrogens is 2. The smallest absolute Gasteiger partial charge is 0.0922 e. The molecule has 2 aliphatic rings. The molecular formula is C23H27N5. The zero-order chi connectivity index (χ0) is 18.8. The second-order valence-electron chi connectivity index (χ2n) is 7.98. The van der Waals surface area contributed by atoms with Crippen molar-refractivity contribution < 1.29 is 0 Å². The average molecular weight is 374 g/mol. The maximum absolute atomic E-state index is 4.17. The molecule has 0 amide bonds. The summed E-state index contributed by atoms with van der Waals surface area (Å²) in [7, 11) is 0. The summed E-state index contributed by atoms with van der Waals surface area (Å²) in [4.78, 5) is 9.97. The number of imidazole rings is 1. The van der Waals surface area contributed by atoms with Gasteiger partial charge in [-0.1, -0.05) is 60.7 Å². The van der Waals surface area contributed by atoms with Crippen LogP contribution in [0, 0.1) is 5.92 Å². The quantitative estimate of drug-likeness (QED) is 0.644. The topological polar surface area (TPSA) is 56.0 Å². The maximum atomic E-state index is 4.17. The fraction of sp³-hybridized carbons (Fsp3) is 0.348. The largest absolute Gasteiger partial charge is 0.347 e. The van der Waals surface area contributed by atoms with Gasteiger partial charge < -0.3 is 4.98 Å². The number of rotatable bonds is 5. The third kappa shape index (κ3) is 3.49. The molecule has 28 heavy (non-hydrogen) atoms. The molecule has 2 fully saturated rings. The normalized spacial score (nSPS) is 25.1. The molecule has 2 aromatic carbocycles. The maximum Gasteiger partial charge on any atom is 0.0922 e. The Hall–Kier alpha value is -2.47. The van der Waals surface area contributed by atoms with Crippen LogP contribution in [0.5, 0.6) is 0 Å². The van der Waals surface area contributed by atoms with Crippen molar-refractivity contribution >= 4 is 0 Å². The molecule has 2 saturated heterocycles. The molecule has 3 aromatic rings. The summed E-state index contributed by atoms with van der Waals surface area (Å²) in [5.74, 6) is 0.888. The number of hydrogen-bond donors (Lipinski definition) is 3. The van der Waals surface area contributed by atoms with Crippen LogP contribution >= 0.6 is 0 Å². The zero-order valence-electron chi connectivity index (χ0n) is 16.0. The summed E-state index contributed by atoms with van der Waals surface area (Å²) >= 11 is 0. The Balaban J connectivity index is 1.42. The van der Waals surface area contributed by atoms with Gasteiger partial charge >= 0.3 is 0 Å². The lowest BCUT2D eigenvalue weighted by Crippen LogP contribution is -2.47. The predicted molar refractivity (Wildman–Crippen MR) is 111 cm³/mol. The van der Waals surface area contributed by atoms with Gasteiger partial charge in [0, 0.05) is 55.4 Å². The molecule has 144 valence electrons. The van der Waals surface area contributed by atoms with E-state index in [1.807, 2.05) is 6.20 Å². The lowest BCUT2D eigenvalue weighted by molar-refractivity contribution is 0.144. The molecule has 5 nitrogen and oxygen atoms in total. The minimum atomic E-state index is 0.331. The molecule has 0 spiro atoms. The van der Waals surface area contributed by atoms with Gasteiger partial charge in [0.25, 0.3) is 0 Å². The molecule has 3 N–H and O–H groups in total. The van der Waals surface area contributed by atoms with Crippen molar-refractivity contribution in [1.82, 2.24) is 25.7 Å². The first-order chi connectivity index (χ1) is 13.9. The van der Waals surface area contributed by atoms with Crippen LogP contribution < -0.4 is 10.9 Å². The molecule has 0 aliphatic carbocycles. The van der Waals surface area contributed by atoms with Crippen molar-refractivity contribution in [3.63, 3.8) is 0 Å². The Bertz CT molecular complexity index is 825. The number of benzene rings is 2. The van der Waals surface area contributed by atoms with E-state index in [1.54, 1.807) is 6.33 Å². The number of H-pyrrole nitrogens is 1. The van der Waals surface area contributed by atoms with Crippen LogP contribution in [0.15, 0.2) is 73.2 Å². The zero-order valence-corrected chi connectivity index (χ0v) is 16.0. The van der Waals surface area contributed by atoms with Crippen LogP contribution in [0.2, 0.25) is 0 Å². The van der Waals surface area contributed by atoms with Crippen molar-refractivity contribution in [2.45, 2.75) is 31.0 Å². The second kappa shape index (κ2) is 7.87. The number of nitrogens with one attached hydrogen (secondary N) is 3. The summed E-state index contributed by atoms with van der Waals surface area (Å²) < 4.78 is 0. The van der Waals surface area contributed by atoms with Crippen molar-refractivity contribution in [2.24, 2.45) is 5.92 Å². The molecule has 1 aromatic heterocycles. The second-order valence-corrected chi connectivity index (χ2v) is 7.98. The lowest BCUT2D eigenvalue weighted by Gasteiger charge is -2.38. The number of hydrazine groups is 1. The van der Waals surface area contributed by atoms with Gasteiger partial charge in [-0.25, -0.2) is 4.98 Å². The summed E-state index contributed by atoms with van der Waals surface area (Å²) in [5, 5.41) is 0. The molecule has 0 saturated carbocycles. The average Bonchev–Trinajstić information content (AvgIpc) is 3.40. The Labute approximate surface area is 166 Å². The van der Waals surface area contributed by atoms with Gasteiger partial charge in [0.1, 0.15) is 0 Å². The number of fused-ring (bicyclic) bond motifs is 1. The highest BCUT2D eigenvalue weighted by Crippen LogP contribution is 2.37. The van der Waals surface area contributed by atoms with Crippen LogP contribution in [0.25, 0.3) is 0 Å². The monoisotopic (exact) mass is 373 g/mol. The van der Waals surface area contributed by atoms with Gasteiger partial charge in [0.15, 0.2) is 0 Å². The minimum Gasteiger partial charge on any atom is -0.347 e. The molecule has 3 unspecified atom stereocenters. The van der Waals surface area contributed by atoms with E-state index < -0.39 is 0 Å². The van der Waals surface area contributed by atoms with Crippen molar-refractivity contribution in [2.75, 3.05) is 13.1 Å². The summed E-state index contributed by atoms with van der Waals surface area (Å²) in [5.41, 5.74) is 11.2. The van der Waals surface area contributed by atoms with E-state index in [4.69, 9.17) is 0 Å². The molecule has 3 heterocycles. The van der Waals surface area contributed by atoms with E-state index >= 15 is 0 Å². The van der Waals surface area contributed by atoms with E-state index in [0.29, 0.717) is 23.9 Å². The summed E-state index contributed by atoms with van der Waals surface area (Å²) in [6.07, 6.45) is 4.87. The van der Waals surface area contributed by atoms with E-state index in [2.05, 4.69) is 86.4 Å². The Morgan fingerprint density at radius 2 is 1.68 bits per heavy atom. The highest BCUT2D eigenvalue weighted by Gasteiger charge is 2.43. The molecule has 2 aliphatic heterocycles. The first-order valence-electron chi connectivity index (χ1n) is 10.2. The summed E-state index contributed by atoms with van der Waals surface area (Å²) in [6.45, 7) is 3.14. The van der Waals surface area contributed by atoms with E-state index in [0.717, 1.165) is 19.6 Å². The Morgan fingerprint density at radius 3 is 2.32 bits per heavy atom. The molecule has 5 rings (SSSR count). The van der Waals surface area contributed by atoms with Crippen LogP contribution in [0.4, 0.5) is 0 Å². The van der Waals surface area contributed by atoms with Crippen LogP contribution in [0.3, 0.4) is 0 Å². The Kier molecular flexibility index (Phi) is 4.95. The van der Waals surface area contributed by atoms with Gasteiger partial charge in [-0.15, -0.1) is 0 Å². The molecule has 0 radical (unpaired) electrons.